The summed E-state index contributed by atoms with van der Waals surface area (Å²) in [5, 5.41) is 3.10. The first kappa shape index (κ1) is 19.2. The Morgan fingerprint density at radius 2 is 1.69 bits per heavy atom. The Morgan fingerprint density at radius 1 is 0.969 bits per heavy atom. The molecule has 162 valence electrons. The molecule has 1 N–H and O–H groups in total. The van der Waals surface area contributed by atoms with Crippen LogP contribution >= 0.6 is 0 Å². The zero-order chi connectivity index (χ0) is 22.1. The van der Waals surface area contributed by atoms with E-state index in [-0.39, 0.29) is 24.4 Å². The van der Waals surface area contributed by atoms with Crippen LogP contribution < -0.4 is 19.5 Å². The largest absolute Gasteiger partial charge is 0.487 e. The molecule has 0 saturated carbocycles. The Kier molecular flexibility index (Phi) is 3.88. The van der Waals surface area contributed by atoms with Crippen molar-refractivity contribution >= 4 is 11.6 Å². The summed E-state index contributed by atoms with van der Waals surface area (Å²) in [5.74, 6) is 1.17. The monoisotopic (exact) mass is 431 g/mol. The lowest BCUT2D eigenvalue weighted by Gasteiger charge is -2.50. The molecular weight excluding hydrogens is 409 g/mol. The molecule has 0 saturated heterocycles. The minimum Gasteiger partial charge on any atom is -0.487 e. The van der Waals surface area contributed by atoms with Gasteiger partial charge in [-0.3, -0.25) is 4.79 Å². The van der Waals surface area contributed by atoms with Crippen molar-refractivity contribution in [3.8, 4) is 17.2 Å². The maximum absolute atomic E-state index is 13.9. The van der Waals surface area contributed by atoms with Gasteiger partial charge in [0.05, 0.1) is 0 Å². The fraction of sp³-hybridized carbons (Fsp3) is 0.269. The maximum atomic E-state index is 13.9. The van der Waals surface area contributed by atoms with Gasteiger partial charge in [-0.15, -0.1) is 0 Å². The van der Waals surface area contributed by atoms with Crippen LogP contribution in [0.15, 0.2) is 60.7 Å². The van der Waals surface area contributed by atoms with Crippen LogP contribution in [0.1, 0.15) is 30.5 Å². The first-order chi connectivity index (χ1) is 15.4. The second-order valence-electron chi connectivity index (χ2n) is 9.10. The lowest BCUT2D eigenvalue weighted by atomic mass is 9.58. The molecule has 0 fully saturated rings. The van der Waals surface area contributed by atoms with E-state index in [4.69, 9.17) is 14.2 Å². The molecule has 6 rings (SSSR count). The van der Waals surface area contributed by atoms with Gasteiger partial charge in [-0.05, 0) is 55.7 Å². The number of nitrogens with one attached hydrogen (secondary N) is 1. The number of carbonyl (C=O) groups excluding carboxylic acids is 1. The van der Waals surface area contributed by atoms with Crippen LogP contribution in [0.4, 0.5) is 10.1 Å². The number of benzene rings is 3. The van der Waals surface area contributed by atoms with Gasteiger partial charge in [-0.1, -0.05) is 30.3 Å². The summed E-state index contributed by atoms with van der Waals surface area (Å²) in [6.07, 6.45) is 0.531. The van der Waals surface area contributed by atoms with Gasteiger partial charge < -0.3 is 19.5 Å². The number of rotatable bonds is 2. The van der Waals surface area contributed by atoms with Crippen LogP contribution in [-0.2, 0) is 16.6 Å². The molecule has 0 radical (unpaired) electrons. The maximum Gasteiger partial charge on any atom is 0.240 e. The van der Waals surface area contributed by atoms with Crippen LogP contribution in [0, 0.1) is 11.7 Å². The molecule has 1 amide bonds. The minimum atomic E-state index is -0.997. The Labute approximate surface area is 185 Å². The molecule has 5 nitrogen and oxygen atoms in total. The molecular formula is C26H22FNO4. The molecule has 3 aliphatic heterocycles. The molecule has 2 unspecified atom stereocenters. The number of hydrogen-bond donors (Lipinski definition) is 1. The lowest BCUT2D eigenvalue weighted by Crippen LogP contribution is -2.58. The second kappa shape index (κ2) is 6.48. The van der Waals surface area contributed by atoms with Crippen molar-refractivity contribution in [2.24, 2.45) is 5.92 Å². The molecule has 3 aromatic carbocycles. The van der Waals surface area contributed by atoms with Crippen molar-refractivity contribution in [1.29, 1.82) is 0 Å². The third-order valence-corrected chi connectivity index (χ3v) is 6.95. The standard InChI is InChI=1S/C26H22FNO4/c1-25(2)23(11-15-7-9-16(27)10-8-15)26(17-5-3-4-6-19(17)28-24(26)29)18-12-21-22(31-14-30-21)13-20(18)32-25/h3-10,12-13,23H,11,14H2,1-2H3,(H,28,29). The van der Waals surface area contributed by atoms with E-state index in [0.717, 1.165) is 22.4 Å². The molecule has 6 heteroatoms. The van der Waals surface area contributed by atoms with E-state index >= 15 is 0 Å². The summed E-state index contributed by atoms with van der Waals surface area (Å²) in [5.41, 5.74) is 1.70. The topological polar surface area (TPSA) is 56.8 Å². The van der Waals surface area contributed by atoms with Crippen LogP contribution in [-0.4, -0.2) is 18.3 Å². The van der Waals surface area contributed by atoms with Crippen molar-refractivity contribution in [3.05, 3.63) is 83.2 Å². The normalized spacial score (nSPS) is 24.0. The smallest absolute Gasteiger partial charge is 0.240 e. The first-order valence-electron chi connectivity index (χ1n) is 10.7. The van der Waals surface area contributed by atoms with Gasteiger partial charge in [-0.25, -0.2) is 4.39 Å². The second-order valence-corrected chi connectivity index (χ2v) is 9.10. The van der Waals surface area contributed by atoms with Crippen molar-refractivity contribution in [2.45, 2.75) is 31.3 Å². The van der Waals surface area contributed by atoms with Gasteiger partial charge in [0, 0.05) is 23.2 Å². The average molecular weight is 431 g/mol. The number of anilines is 1. The number of amides is 1. The molecule has 3 heterocycles. The highest BCUT2D eigenvalue weighted by molar-refractivity contribution is 6.10. The van der Waals surface area contributed by atoms with Gasteiger partial charge in [0.25, 0.3) is 0 Å². The van der Waals surface area contributed by atoms with E-state index in [1.54, 1.807) is 12.1 Å². The quantitative estimate of drug-likeness (QED) is 0.632. The zero-order valence-electron chi connectivity index (χ0n) is 17.8. The van der Waals surface area contributed by atoms with Gasteiger partial charge >= 0.3 is 0 Å². The molecule has 2 atom stereocenters. The number of hydrogen-bond acceptors (Lipinski definition) is 4. The summed E-state index contributed by atoms with van der Waals surface area (Å²) >= 11 is 0. The van der Waals surface area contributed by atoms with Gasteiger partial charge in [0.1, 0.15) is 22.6 Å². The third-order valence-electron chi connectivity index (χ3n) is 6.95. The van der Waals surface area contributed by atoms with Crippen LogP contribution in [0.5, 0.6) is 17.2 Å². The number of fused-ring (bicyclic) bond motifs is 5. The SMILES string of the molecule is CC1(C)Oc2cc3c(cc2C2(C(=O)Nc4ccccc42)C1Cc1ccc(F)cc1)OCO3. The fourth-order valence-electron chi connectivity index (χ4n) is 5.53. The highest BCUT2D eigenvalue weighted by Crippen LogP contribution is 2.59. The molecule has 32 heavy (non-hydrogen) atoms. The Morgan fingerprint density at radius 3 is 2.47 bits per heavy atom. The predicted molar refractivity (Wildman–Crippen MR) is 117 cm³/mol. The number of para-hydroxylation sites is 1. The highest BCUT2D eigenvalue weighted by Gasteiger charge is 2.62. The van der Waals surface area contributed by atoms with Crippen LogP contribution in [0.25, 0.3) is 0 Å². The average Bonchev–Trinajstić information content (AvgIpc) is 3.33. The number of ether oxygens (including phenoxy) is 3. The Hall–Kier alpha value is -3.54. The molecule has 0 aliphatic carbocycles. The van der Waals surface area contributed by atoms with Crippen LogP contribution in [0.2, 0.25) is 0 Å². The molecule has 1 spiro atoms. The van der Waals surface area contributed by atoms with Crippen molar-refractivity contribution in [3.63, 3.8) is 0 Å². The van der Waals surface area contributed by atoms with Crippen molar-refractivity contribution < 1.29 is 23.4 Å². The van der Waals surface area contributed by atoms with Gasteiger partial charge in [0.2, 0.25) is 12.7 Å². The van der Waals surface area contributed by atoms with Crippen LogP contribution in [0.3, 0.4) is 0 Å². The van der Waals surface area contributed by atoms with E-state index in [9.17, 15) is 9.18 Å². The van der Waals surface area contributed by atoms with E-state index in [0.29, 0.717) is 23.7 Å². The highest BCUT2D eigenvalue weighted by atomic mass is 19.1. The third kappa shape index (κ3) is 2.52. The molecule has 0 aromatic heterocycles. The number of carbonyl (C=O) groups is 1. The molecule has 3 aliphatic rings. The van der Waals surface area contributed by atoms with E-state index in [1.807, 2.05) is 50.2 Å². The predicted octanol–water partition coefficient (Wildman–Crippen LogP) is 4.82. The van der Waals surface area contributed by atoms with Crippen molar-refractivity contribution in [1.82, 2.24) is 0 Å². The van der Waals surface area contributed by atoms with E-state index in [1.165, 1.54) is 12.1 Å². The molecule has 3 aromatic rings. The summed E-state index contributed by atoms with van der Waals surface area (Å²) in [6.45, 7) is 4.14. The summed E-state index contributed by atoms with van der Waals surface area (Å²) in [7, 11) is 0. The van der Waals surface area contributed by atoms with E-state index in [2.05, 4.69) is 5.32 Å². The van der Waals surface area contributed by atoms with Gasteiger partial charge in [0.15, 0.2) is 11.5 Å². The summed E-state index contributed by atoms with van der Waals surface area (Å²) < 4.78 is 31.3. The van der Waals surface area contributed by atoms with Crippen molar-refractivity contribution in [2.75, 3.05) is 12.1 Å². The summed E-state index contributed by atoms with van der Waals surface area (Å²) in [6, 6.07) is 17.9. The minimum absolute atomic E-state index is 0.0951. The number of halogens is 1. The molecule has 0 bridgehead atoms. The Balaban J connectivity index is 1.63. The zero-order valence-corrected chi connectivity index (χ0v) is 17.8. The fourth-order valence-corrected chi connectivity index (χ4v) is 5.53. The Bertz CT molecular complexity index is 1250. The van der Waals surface area contributed by atoms with Gasteiger partial charge in [-0.2, -0.15) is 0 Å². The lowest BCUT2D eigenvalue weighted by molar-refractivity contribution is -0.126. The summed E-state index contributed by atoms with van der Waals surface area (Å²) in [4.78, 5) is 13.9. The van der Waals surface area contributed by atoms with E-state index < -0.39 is 11.0 Å². The first-order valence-corrected chi connectivity index (χ1v) is 10.7.